The summed E-state index contributed by atoms with van der Waals surface area (Å²) in [5.74, 6) is -0.329. The Labute approximate surface area is 150 Å². The molecule has 1 unspecified atom stereocenters. The van der Waals surface area contributed by atoms with Crippen LogP contribution >= 0.6 is 15.9 Å². The van der Waals surface area contributed by atoms with Crippen molar-refractivity contribution in [1.82, 2.24) is 4.98 Å². The monoisotopic (exact) mass is 389 g/mol. The van der Waals surface area contributed by atoms with Gasteiger partial charge in [0.1, 0.15) is 4.83 Å². The molecule has 0 bridgehead atoms. The number of pyridine rings is 1. The molecular formula is C19H20BrNO3. The molecule has 0 saturated carbocycles. The number of aromatic nitrogens is 1. The summed E-state index contributed by atoms with van der Waals surface area (Å²) >= 11 is 3.37. The Kier molecular flexibility index (Phi) is 7.12. The van der Waals surface area contributed by atoms with Crippen molar-refractivity contribution in [1.29, 1.82) is 0 Å². The van der Waals surface area contributed by atoms with Gasteiger partial charge >= 0.3 is 5.97 Å². The van der Waals surface area contributed by atoms with Crippen molar-refractivity contribution in [3.63, 3.8) is 0 Å². The van der Waals surface area contributed by atoms with Gasteiger partial charge in [0.2, 0.25) is 0 Å². The van der Waals surface area contributed by atoms with Crippen molar-refractivity contribution in [2.24, 2.45) is 0 Å². The Hall–Kier alpha value is -2.01. The highest BCUT2D eigenvalue weighted by Gasteiger charge is 2.18. The zero-order chi connectivity index (χ0) is 17.4. The van der Waals surface area contributed by atoms with Gasteiger partial charge in [0, 0.05) is 23.5 Å². The van der Waals surface area contributed by atoms with Gasteiger partial charge in [-0.15, -0.1) is 0 Å². The van der Waals surface area contributed by atoms with Crippen molar-refractivity contribution >= 4 is 27.7 Å². The van der Waals surface area contributed by atoms with E-state index in [1.165, 1.54) is 0 Å². The number of hydrogen-bond donors (Lipinski definition) is 0. The maximum absolute atomic E-state index is 12.5. The standard InChI is InChI=1S/C19H20BrNO3/c1-2-3-11-24-19(23)17(20)13-14-5-4-6-16(12-14)18(22)15-7-9-21-10-8-15/h4-10,12,17H,2-3,11,13H2,1H3. The van der Waals surface area contributed by atoms with Gasteiger partial charge in [0.05, 0.1) is 6.61 Å². The number of rotatable bonds is 8. The molecule has 0 aliphatic carbocycles. The molecule has 1 aromatic heterocycles. The van der Waals surface area contributed by atoms with Gasteiger partial charge in [0.25, 0.3) is 0 Å². The SMILES string of the molecule is CCCCOC(=O)C(Br)Cc1cccc(C(=O)c2ccncc2)c1. The van der Waals surface area contributed by atoms with Crippen molar-refractivity contribution in [2.75, 3.05) is 6.61 Å². The van der Waals surface area contributed by atoms with Crippen LogP contribution in [0.1, 0.15) is 41.3 Å². The van der Waals surface area contributed by atoms with E-state index in [-0.39, 0.29) is 11.8 Å². The quantitative estimate of drug-likeness (QED) is 0.296. The number of carbonyl (C=O) groups excluding carboxylic acids is 2. The number of unbranched alkanes of at least 4 members (excludes halogenated alkanes) is 1. The third kappa shape index (κ3) is 5.27. The summed E-state index contributed by atoms with van der Waals surface area (Å²) < 4.78 is 5.20. The van der Waals surface area contributed by atoms with Crippen molar-refractivity contribution in [3.05, 3.63) is 65.5 Å². The van der Waals surface area contributed by atoms with Crippen LogP contribution in [-0.4, -0.2) is 28.2 Å². The zero-order valence-electron chi connectivity index (χ0n) is 13.6. The topological polar surface area (TPSA) is 56.3 Å². The summed E-state index contributed by atoms with van der Waals surface area (Å²) in [6.07, 6.45) is 5.51. The molecule has 0 fully saturated rings. The highest BCUT2D eigenvalue weighted by molar-refractivity contribution is 9.10. The number of ketones is 1. The smallest absolute Gasteiger partial charge is 0.320 e. The number of ether oxygens (including phenoxy) is 1. The molecule has 0 radical (unpaired) electrons. The van der Waals surface area contributed by atoms with Gasteiger partial charge < -0.3 is 4.74 Å². The van der Waals surface area contributed by atoms with Crippen LogP contribution in [0.4, 0.5) is 0 Å². The van der Waals surface area contributed by atoms with Crippen molar-refractivity contribution in [2.45, 2.75) is 31.0 Å². The molecule has 5 heteroatoms. The van der Waals surface area contributed by atoms with Crippen LogP contribution in [0, 0.1) is 0 Å². The minimum atomic E-state index is -0.416. The number of esters is 1. The summed E-state index contributed by atoms with van der Waals surface area (Å²) in [4.78, 5) is 27.9. The molecule has 0 aliphatic rings. The molecule has 4 nitrogen and oxygen atoms in total. The predicted octanol–water partition coefficient (Wildman–Crippen LogP) is 3.96. The van der Waals surface area contributed by atoms with Crippen LogP contribution in [-0.2, 0) is 16.0 Å². The number of benzene rings is 1. The lowest BCUT2D eigenvalue weighted by Crippen LogP contribution is -2.20. The van der Waals surface area contributed by atoms with E-state index in [0.717, 1.165) is 18.4 Å². The first-order valence-electron chi connectivity index (χ1n) is 7.96. The first-order valence-corrected chi connectivity index (χ1v) is 8.87. The summed E-state index contributed by atoms with van der Waals surface area (Å²) in [5.41, 5.74) is 2.10. The molecule has 2 aromatic rings. The zero-order valence-corrected chi connectivity index (χ0v) is 15.2. The molecule has 0 amide bonds. The number of hydrogen-bond acceptors (Lipinski definition) is 4. The van der Waals surface area contributed by atoms with Crippen LogP contribution in [0.15, 0.2) is 48.8 Å². The van der Waals surface area contributed by atoms with Crippen molar-refractivity contribution < 1.29 is 14.3 Å². The minimum absolute atomic E-state index is 0.0594. The molecule has 126 valence electrons. The fraction of sp³-hybridized carbons (Fsp3) is 0.316. The maximum atomic E-state index is 12.5. The second kappa shape index (κ2) is 9.33. The number of nitrogens with zero attached hydrogens (tertiary/aromatic N) is 1. The van der Waals surface area contributed by atoms with E-state index in [2.05, 4.69) is 20.9 Å². The lowest BCUT2D eigenvalue weighted by atomic mass is 10.0. The average Bonchev–Trinajstić information content (AvgIpc) is 2.62. The molecule has 0 spiro atoms. The fourth-order valence-corrected chi connectivity index (χ4v) is 2.71. The van der Waals surface area contributed by atoms with Gasteiger partial charge in [0.15, 0.2) is 5.78 Å². The van der Waals surface area contributed by atoms with E-state index >= 15 is 0 Å². The van der Waals surface area contributed by atoms with Gasteiger partial charge in [-0.3, -0.25) is 14.6 Å². The van der Waals surface area contributed by atoms with E-state index in [0.29, 0.717) is 24.2 Å². The van der Waals surface area contributed by atoms with E-state index in [1.54, 1.807) is 30.6 Å². The van der Waals surface area contributed by atoms with E-state index < -0.39 is 4.83 Å². The molecular weight excluding hydrogens is 370 g/mol. The molecule has 0 N–H and O–H groups in total. The average molecular weight is 390 g/mol. The second-order valence-electron chi connectivity index (χ2n) is 5.46. The Morgan fingerprint density at radius 2 is 1.92 bits per heavy atom. The third-order valence-corrected chi connectivity index (χ3v) is 4.24. The Morgan fingerprint density at radius 1 is 1.17 bits per heavy atom. The van der Waals surface area contributed by atoms with Crippen molar-refractivity contribution in [3.8, 4) is 0 Å². The lowest BCUT2D eigenvalue weighted by molar-refractivity contribution is -0.142. The predicted molar refractivity (Wildman–Crippen MR) is 96.4 cm³/mol. The fourth-order valence-electron chi connectivity index (χ4n) is 2.21. The largest absolute Gasteiger partial charge is 0.465 e. The minimum Gasteiger partial charge on any atom is -0.465 e. The highest BCUT2D eigenvalue weighted by atomic mass is 79.9. The van der Waals surface area contributed by atoms with Gasteiger partial charge in [-0.1, -0.05) is 47.5 Å². The summed E-state index contributed by atoms with van der Waals surface area (Å²) in [6.45, 7) is 2.49. The van der Waals surface area contributed by atoms with Crippen LogP contribution in [0.5, 0.6) is 0 Å². The molecule has 1 aromatic carbocycles. The lowest BCUT2D eigenvalue weighted by Gasteiger charge is -2.11. The van der Waals surface area contributed by atoms with Crippen LogP contribution in [0.2, 0.25) is 0 Å². The Balaban J connectivity index is 2.02. The number of halogens is 1. The summed E-state index contributed by atoms with van der Waals surface area (Å²) in [6, 6.07) is 10.7. The first-order chi connectivity index (χ1) is 11.6. The van der Waals surface area contributed by atoms with E-state index in [1.807, 2.05) is 25.1 Å². The van der Waals surface area contributed by atoms with Crippen LogP contribution in [0.3, 0.4) is 0 Å². The third-order valence-electron chi connectivity index (χ3n) is 3.54. The molecule has 1 atom stereocenters. The molecule has 1 heterocycles. The normalized spacial score (nSPS) is 11.8. The summed E-state index contributed by atoms with van der Waals surface area (Å²) in [7, 11) is 0. The van der Waals surface area contributed by atoms with Crippen LogP contribution < -0.4 is 0 Å². The van der Waals surface area contributed by atoms with Gasteiger partial charge in [-0.25, -0.2) is 0 Å². The summed E-state index contributed by atoms with van der Waals surface area (Å²) in [5, 5.41) is 0. The van der Waals surface area contributed by atoms with Gasteiger partial charge in [-0.05, 0) is 36.6 Å². The molecule has 2 rings (SSSR count). The Morgan fingerprint density at radius 3 is 2.62 bits per heavy atom. The maximum Gasteiger partial charge on any atom is 0.320 e. The molecule has 24 heavy (non-hydrogen) atoms. The Bertz CT molecular complexity index is 688. The molecule has 0 saturated heterocycles. The van der Waals surface area contributed by atoms with E-state index in [4.69, 9.17) is 4.74 Å². The second-order valence-corrected chi connectivity index (χ2v) is 6.56. The molecule has 0 aliphatic heterocycles. The highest BCUT2D eigenvalue weighted by Crippen LogP contribution is 2.16. The van der Waals surface area contributed by atoms with E-state index in [9.17, 15) is 9.59 Å². The van der Waals surface area contributed by atoms with Gasteiger partial charge in [-0.2, -0.15) is 0 Å². The first kappa shape index (κ1) is 18.3. The number of alkyl halides is 1. The van der Waals surface area contributed by atoms with Crippen LogP contribution in [0.25, 0.3) is 0 Å². The number of carbonyl (C=O) groups is 2.